The van der Waals surface area contributed by atoms with Gasteiger partial charge in [0.25, 0.3) is 0 Å². The van der Waals surface area contributed by atoms with Gasteiger partial charge in [0.05, 0.1) is 25.7 Å². The van der Waals surface area contributed by atoms with Crippen molar-refractivity contribution in [3.05, 3.63) is 0 Å². The highest BCUT2D eigenvalue weighted by Crippen LogP contribution is 2.20. The number of methoxy groups -OCH3 is 1. The molecular formula is C18H33N3O3. The van der Waals surface area contributed by atoms with Gasteiger partial charge < -0.3 is 19.7 Å². The van der Waals surface area contributed by atoms with Crippen LogP contribution in [0.1, 0.15) is 51.4 Å². The minimum Gasteiger partial charge on any atom is -0.469 e. The van der Waals surface area contributed by atoms with Crippen molar-refractivity contribution >= 4 is 11.9 Å². The van der Waals surface area contributed by atoms with E-state index in [0.717, 1.165) is 45.0 Å². The summed E-state index contributed by atoms with van der Waals surface area (Å²) in [7, 11) is 3.27. The van der Waals surface area contributed by atoms with Crippen molar-refractivity contribution in [3.63, 3.8) is 0 Å². The molecule has 0 bridgehead atoms. The van der Waals surface area contributed by atoms with Crippen molar-refractivity contribution in [2.75, 3.05) is 40.4 Å². The highest BCUT2D eigenvalue weighted by atomic mass is 16.5. The molecule has 1 aliphatic heterocycles. The Balaban J connectivity index is 1.64. The Hall–Kier alpha value is -1.30. The fraction of sp³-hybridized carbons (Fsp3) is 0.889. The molecule has 24 heavy (non-hydrogen) atoms. The summed E-state index contributed by atoms with van der Waals surface area (Å²) < 4.78 is 10.8. The SMILES string of the molecule is CN=C(NCCOC1CCCCCC1)N1CCC(C(=O)OC)CC1. The highest BCUT2D eigenvalue weighted by molar-refractivity contribution is 5.80. The lowest BCUT2D eigenvalue weighted by Crippen LogP contribution is -2.47. The van der Waals surface area contributed by atoms with Gasteiger partial charge in [0.15, 0.2) is 5.96 Å². The second-order valence-electron chi connectivity index (χ2n) is 6.74. The van der Waals surface area contributed by atoms with Gasteiger partial charge in [-0.3, -0.25) is 9.79 Å². The Bertz CT molecular complexity index is 398. The number of nitrogens with zero attached hydrogens (tertiary/aromatic N) is 2. The molecule has 0 radical (unpaired) electrons. The highest BCUT2D eigenvalue weighted by Gasteiger charge is 2.26. The van der Waals surface area contributed by atoms with Crippen LogP contribution in [0.3, 0.4) is 0 Å². The predicted molar refractivity (Wildman–Crippen MR) is 95.1 cm³/mol. The van der Waals surface area contributed by atoms with Gasteiger partial charge in [0.1, 0.15) is 0 Å². The first-order valence-electron chi connectivity index (χ1n) is 9.39. The minimum atomic E-state index is -0.0885. The first kappa shape index (κ1) is 19.0. The van der Waals surface area contributed by atoms with Gasteiger partial charge in [-0.25, -0.2) is 0 Å². The van der Waals surface area contributed by atoms with Crippen molar-refractivity contribution in [3.8, 4) is 0 Å². The van der Waals surface area contributed by atoms with E-state index in [1.807, 2.05) is 0 Å². The number of piperidine rings is 1. The number of nitrogens with one attached hydrogen (secondary N) is 1. The molecule has 6 nitrogen and oxygen atoms in total. The summed E-state index contributed by atoms with van der Waals surface area (Å²) >= 11 is 0. The zero-order valence-electron chi connectivity index (χ0n) is 15.3. The van der Waals surface area contributed by atoms with E-state index in [4.69, 9.17) is 9.47 Å². The van der Waals surface area contributed by atoms with Crippen molar-refractivity contribution in [1.82, 2.24) is 10.2 Å². The van der Waals surface area contributed by atoms with Gasteiger partial charge in [-0.2, -0.15) is 0 Å². The molecule has 1 saturated carbocycles. The van der Waals surface area contributed by atoms with Crippen LogP contribution in [0.25, 0.3) is 0 Å². The number of hydrogen-bond donors (Lipinski definition) is 1. The molecule has 1 N–H and O–H groups in total. The molecule has 0 aromatic rings. The summed E-state index contributed by atoms with van der Waals surface area (Å²) in [5.74, 6) is 0.847. The molecule has 2 aliphatic rings. The number of esters is 1. The molecule has 1 heterocycles. The number of guanidine groups is 1. The Morgan fingerprint density at radius 1 is 1.12 bits per heavy atom. The van der Waals surface area contributed by atoms with Crippen molar-refractivity contribution in [2.45, 2.75) is 57.5 Å². The molecule has 6 heteroatoms. The van der Waals surface area contributed by atoms with Crippen molar-refractivity contribution < 1.29 is 14.3 Å². The molecule has 0 atom stereocenters. The van der Waals surface area contributed by atoms with Crippen LogP contribution in [0.4, 0.5) is 0 Å². The number of carbonyl (C=O) groups is 1. The monoisotopic (exact) mass is 339 g/mol. The maximum Gasteiger partial charge on any atom is 0.308 e. The zero-order valence-corrected chi connectivity index (χ0v) is 15.3. The number of rotatable bonds is 5. The average molecular weight is 339 g/mol. The lowest BCUT2D eigenvalue weighted by Gasteiger charge is -2.33. The topological polar surface area (TPSA) is 63.2 Å². The summed E-state index contributed by atoms with van der Waals surface area (Å²) in [5.41, 5.74) is 0. The normalized spacial score (nSPS) is 21.4. The Labute approximate surface area is 146 Å². The summed E-state index contributed by atoms with van der Waals surface area (Å²) in [6.45, 7) is 3.17. The van der Waals surface area contributed by atoms with E-state index >= 15 is 0 Å². The molecule has 0 unspecified atom stereocenters. The second-order valence-corrected chi connectivity index (χ2v) is 6.74. The lowest BCUT2D eigenvalue weighted by molar-refractivity contribution is -0.146. The van der Waals surface area contributed by atoms with E-state index in [1.165, 1.54) is 45.6 Å². The van der Waals surface area contributed by atoms with Gasteiger partial charge in [-0.1, -0.05) is 25.7 Å². The van der Waals surface area contributed by atoms with E-state index in [1.54, 1.807) is 7.05 Å². The van der Waals surface area contributed by atoms with Crippen LogP contribution in [-0.2, 0) is 14.3 Å². The third-order valence-corrected chi connectivity index (χ3v) is 5.08. The van der Waals surface area contributed by atoms with E-state index in [-0.39, 0.29) is 11.9 Å². The average Bonchev–Trinajstić information content (AvgIpc) is 2.90. The zero-order chi connectivity index (χ0) is 17.2. The number of likely N-dealkylation sites (tertiary alicyclic amines) is 1. The molecule has 0 aromatic carbocycles. The quantitative estimate of drug-likeness (QED) is 0.273. The lowest BCUT2D eigenvalue weighted by atomic mass is 9.97. The third kappa shape index (κ3) is 5.96. The molecule has 2 fully saturated rings. The summed E-state index contributed by atoms with van der Waals surface area (Å²) in [6.07, 6.45) is 9.80. The van der Waals surface area contributed by atoms with Gasteiger partial charge in [0.2, 0.25) is 0 Å². The Morgan fingerprint density at radius 2 is 1.79 bits per heavy atom. The molecule has 2 rings (SSSR count). The van der Waals surface area contributed by atoms with Crippen molar-refractivity contribution in [2.24, 2.45) is 10.9 Å². The maximum atomic E-state index is 11.6. The predicted octanol–water partition coefficient (Wildman–Crippen LogP) is 2.19. The van der Waals surface area contributed by atoms with Gasteiger partial charge in [-0.05, 0) is 25.7 Å². The van der Waals surface area contributed by atoms with Crippen LogP contribution < -0.4 is 5.32 Å². The second kappa shape index (κ2) is 10.5. The van der Waals surface area contributed by atoms with Crippen LogP contribution in [0.2, 0.25) is 0 Å². The number of ether oxygens (including phenoxy) is 2. The molecule has 138 valence electrons. The molecule has 1 aliphatic carbocycles. The van der Waals surface area contributed by atoms with Gasteiger partial charge in [-0.15, -0.1) is 0 Å². The largest absolute Gasteiger partial charge is 0.469 e. The first-order chi connectivity index (χ1) is 11.7. The van der Waals surface area contributed by atoms with Crippen molar-refractivity contribution in [1.29, 1.82) is 0 Å². The smallest absolute Gasteiger partial charge is 0.308 e. The van der Waals surface area contributed by atoms with E-state index in [9.17, 15) is 4.79 Å². The van der Waals surface area contributed by atoms with Gasteiger partial charge >= 0.3 is 5.97 Å². The third-order valence-electron chi connectivity index (χ3n) is 5.08. The number of hydrogen-bond acceptors (Lipinski definition) is 4. The van der Waals surface area contributed by atoms with Crippen LogP contribution in [0.5, 0.6) is 0 Å². The van der Waals surface area contributed by atoms with Crippen LogP contribution in [-0.4, -0.2) is 63.3 Å². The van der Waals surface area contributed by atoms with E-state index in [2.05, 4.69) is 15.2 Å². The Morgan fingerprint density at radius 3 is 2.38 bits per heavy atom. The molecule has 1 saturated heterocycles. The van der Waals surface area contributed by atoms with Gasteiger partial charge in [0, 0.05) is 26.7 Å². The molecular weight excluding hydrogens is 306 g/mol. The standard InChI is InChI=1S/C18H33N3O3/c1-19-18(21-12-9-15(10-13-21)17(22)23-2)20-11-14-24-16-7-5-3-4-6-8-16/h15-16H,3-14H2,1-2H3,(H,19,20). The summed E-state index contributed by atoms with van der Waals surface area (Å²) in [4.78, 5) is 18.2. The number of carbonyl (C=O) groups excluding carboxylic acids is 1. The summed E-state index contributed by atoms with van der Waals surface area (Å²) in [6, 6.07) is 0. The number of aliphatic imine (C=N–C) groups is 1. The maximum absolute atomic E-state index is 11.6. The fourth-order valence-electron chi connectivity index (χ4n) is 3.62. The van der Waals surface area contributed by atoms with Crippen LogP contribution in [0.15, 0.2) is 4.99 Å². The minimum absolute atomic E-state index is 0.0305. The molecule has 0 amide bonds. The molecule has 0 aromatic heterocycles. The fourth-order valence-corrected chi connectivity index (χ4v) is 3.62. The van der Waals surface area contributed by atoms with E-state index in [0.29, 0.717) is 6.10 Å². The Kier molecular flexibility index (Phi) is 8.36. The van der Waals surface area contributed by atoms with Crippen LogP contribution in [0, 0.1) is 5.92 Å². The summed E-state index contributed by atoms with van der Waals surface area (Å²) in [5, 5.41) is 3.39. The van der Waals surface area contributed by atoms with Crippen LogP contribution >= 0.6 is 0 Å². The molecule has 0 spiro atoms. The first-order valence-corrected chi connectivity index (χ1v) is 9.39. The van der Waals surface area contributed by atoms with E-state index < -0.39 is 0 Å².